The van der Waals surface area contributed by atoms with E-state index in [-0.39, 0.29) is 5.03 Å². The number of carboxylic acid groups (broad SMARTS) is 1. The fourth-order valence-electron chi connectivity index (χ4n) is 2.73. The zero-order valence-corrected chi connectivity index (χ0v) is 13.1. The molecule has 0 radical (unpaired) electrons. The average molecular weight is 315 g/mol. The van der Waals surface area contributed by atoms with Crippen LogP contribution >= 0.6 is 0 Å². The zero-order chi connectivity index (χ0) is 15.6. The van der Waals surface area contributed by atoms with Crippen molar-refractivity contribution in [1.29, 1.82) is 0 Å². The number of aryl methyl sites for hydroxylation is 2. The van der Waals surface area contributed by atoms with Gasteiger partial charge in [0.15, 0.2) is 5.03 Å². The van der Waals surface area contributed by atoms with Crippen LogP contribution in [0.1, 0.15) is 38.4 Å². The number of aromatic nitrogens is 2. The van der Waals surface area contributed by atoms with Gasteiger partial charge in [-0.2, -0.15) is 0 Å². The van der Waals surface area contributed by atoms with Crippen LogP contribution in [0.4, 0.5) is 0 Å². The molecule has 0 aromatic carbocycles. The second-order valence-electron chi connectivity index (χ2n) is 5.42. The maximum atomic E-state index is 12.3. The topological polar surface area (TPSA) is 101 Å². The second kappa shape index (κ2) is 6.15. The van der Waals surface area contributed by atoms with Crippen LogP contribution in [0.5, 0.6) is 0 Å². The van der Waals surface area contributed by atoms with Gasteiger partial charge in [-0.05, 0) is 26.2 Å². The van der Waals surface area contributed by atoms with Gasteiger partial charge in [-0.15, -0.1) is 0 Å². The molecule has 0 amide bonds. The number of nitrogens with one attached hydrogen (secondary N) is 1. The Balaban J connectivity index is 2.18. The summed E-state index contributed by atoms with van der Waals surface area (Å²) >= 11 is 0. The summed E-state index contributed by atoms with van der Waals surface area (Å²) in [6.45, 7) is 4.46. The summed E-state index contributed by atoms with van der Waals surface area (Å²) in [5.74, 6) is -0.968. The van der Waals surface area contributed by atoms with E-state index < -0.39 is 28.0 Å². The van der Waals surface area contributed by atoms with Gasteiger partial charge in [-0.3, -0.25) is 4.79 Å². The monoisotopic (exact) mass is 315 g/mol. The van der Waals surface area contributed by atoms with E-state index in [9.17, 15) is 13.2 Å². The third-order valence-corrected chi connectivity index (χ3v) is 5.19. The standard InChI is InChI=1S/C13H21N3O4S/c1-3-7-16-8-12(14-9(16)2)21(19,20)15-11-6-4-5-10(11)13(17)18/h8,10-11,15H,3-7H2,1-2H3,(H,17,18). The van der Waals surface area contributed by atoms with Gasteiger partial charge in [0.05, 0.1) is 5.92 Å². The van der Waals surface area contributed by atoms with Crippen LogP contribution < -0.4 is 4.72 Å². The van der Waals surface area contributed by atoms with Gasteiger partial charge in [0, 0.05) is 18.8 Å². The molecule has 0 bridgehead atoms. The molecule has 1 aliphatic rings. The van der Waals surface area contributed by atoms with Gasteiger partial charge in [0.25, 0.3) is 10.0 Å². The third kappa shape index (κ3) is 3.44. The fraction of sp³-hybridized carbons (Fsp3) is 0.692. The predicted molar refractivity (Wildman–Crippen MR) is 76.3 cm³/mol. The molecule has 2 unspecified atom stereocenters. The van der Waals surface area contributed by atoms with Crippen molar-refractivity contribution in [1.82, 2.24) is 14.3 Å². The number of carbonyl (C=O) groups is 1. The fourth-order valence-corrected chi connectivity index (χ4v) is 4.05. The Morgan fingerprint density at radius 2 is 2.24 bits per heavy atom. The Hall–Kier alpha value is -1.41. The first-order valence-electron chi connectivity index (χ1n) is 7.14. The SMILES string of the molecule is CCCn1cc(S(=O)(=O)NC2CCCC2C(=O)O)nc1C. The van der Waals surface area contributed by atoms with Crippen LogP contribution in [0.2, 0.25) is 0 Å². The molecule has 0 saturated heterocycles. The lowest BCUT2D eigenvalue weighted by Crippen LogP contribution is -2.40. The van der Waals surface area contributed by atoms with E-state index in [2.05, 4.69) is 9.71 Å². The van der Waals surface area contributed by atoms with Crippen LogP contribution in [0, 0.1) is 12.8 Å². The minimum atomic E-state index is -3.78. The molecule has 1 fully saturated rings. The number of carboxylic acids is 1. The predicted octanol–water partition coefficient (Wildman–Crippen LogP) is 1.13. The van der Waals surface area contributed by atoms with Crippen LogP contribution in [-0.2, 0) is 21.4 Å². The normalized spacial score (nSPS) is 22.6. The number of nitrogens with zero attached hydrogens (tertiary/aromatic N) is 2. The van der Waals surface area contributed by atoms with E-state index >= 15 is 0 Å². The lowest BCUT2D eigenvalue weighted by atomic mass is 10.1. The van der Waals surface area contributed by atoms with E-state index in [1.54, 1.807) is 11.5 Å². The van der Waals surface area contributed by atoms with Gasteiger partial charge < -0.3 is 9.67 Å². The summed E-state index contributed by atoms with van der Waals surface area (Å²) < 4.78 is 29.0. The van der Waals surface area contributed by atoms with Gasteiger partial charge in [-0.1, -0.05) is 13.3 Å². The molecular formula is C13H21N3O4S. The Bertz CT molecular complexity index is 623. The summed E-state index contributed by atoms with van der Waals surface area (Å²) in [6, 6.07) is -0.552. The molecule has 0 spiro atoms. The summed E-state index contributed by atoms with van der Waals surface area (Å²) in [6.07, 6.45) is 4.16. The quantitative estimate of drug-likeness (QED) is 0.819. The molecule has 2 rings (SSSR count). The number of hydrogen-bond acceptors (Lipinski definition) is 4. The highest BCUT2D eigenvalue weighted by atomic mass is 32.2. The molecule has 21 heavy (non-hydrogen) atoms. The molecule has 0 aliphatic heterocycles. The smallest absolute Gasteiger partial charge is 0.308 e. The van der Waals surface area contributed by atoms with Crippen molar-refractivity contribution in [3.63, 3.8) is 0 Å². The molecule has 2 N–H and O–H groups in total. The zero-order valence-electron chi connectivity index (χ0n) is 12.2. The highest BCUT2D eigenvalue weighted by Crippen LogP contribution is 2.27. The Kier molecular flexibility index (Phi) is 4.67. The third-order valence-electron chi connectivity index (χ3n) is 3.83. The number of hydrogen-bond donors (Lipinski definition) is 2. The van der Waals surface area contributed by atoms with Crippen molar-refractivity contribution < 1.29 is 18.3 Å². The highest BCUT2D eigenvalue weighted by Gasteiger charge is 2.36. The Morgan fingerprint density at radius 1 is 1.52 bits per heavy atom. The lowest BCUT2D eigenvalue weighted by molar-refractivity contribution is -0.141. The first kappa shape index (κ1) is 16.0. The lowest BCUT2D eigenvalue weighted by Gasteiger charge is -2.16. The molecule has 1 aliphatic carbocycles. The molecule has 2 atom stereocenters. The molecule has 7 nitrogen and oxygen atoms in total. The van der Waals surface area contributed by atoms with Crippen molar-refractivity contribution >= 4 is 16.0 Å². The Morgan fingerprint density at radius 3 is 2.86 bits per heavy atom. The van der Waals surface area contributed by atoms with Crippen molar-refractivity contribution in [2.24, 2.45) is 5.92 Å². The molecule has 8 heteroatoms. The Labute approximate surface area is 124 Å². The molecule has 1 heterocycles. The van der Waals surface area contributed by atoms with E-state index in [4.69, 9.17) is 5.11 Å². The first-order chi connectivity index (χ1) is 9.85. The molecule has 1 saturated carbocycles. The van der Waals surface area contributed by atoms with Crippen LogP contribution in [-0.4, -0.2) is 35.1 Å². The summed E-state index contributed by atoms with van der Waals surface area (Å²) in [5.41, 5.74) is 0. The molecule has 1 aromatic rings. The van der Waals surface area contributed by atoms with Crippen molar-refractivity contribution in [2.75, 3.05) is 0 Å². The minimum absolute atomic E-state index is 0.0375. The maximum Gasteiger partial charge on any atom is 0.308 e. The van der Waals surface area contributed by atoms with E-state index in [1.807, 2.05) is 6.92 Å². The molecule has 118 valence electrons. The van der Waals surface area contributed by atoms with Gasteiger partial charge in [0.2, 0.25) is 0 Å². The average Bonchev–Trinajstić information content (AvgIpc) is 2.97. The van der Waals surface area contributed by atoms with Crippen LogP contribution in [0.25, 0.3) is 0 Å². The number of rotatable bonds is 6. The maximum absolute atomic E-state index is 12.3. The summed E-state index contributed by atoms with van der Waals surface area (Å²) in [4.78, 5) is 15.2. The summed E-state index contributed by atoms with van der Waals surface area (Å²) in [5, 5.41) is 9.08. The van der Waals surface area contributed by atoms with E-state index in [0.29, 0.717) is 31.6 Å². The second-order valence-corrected chi connectivity index (χ2v) is 7.08. The summed E-state index contributed by atoms with van der Waals surface area (Å²) in [7, 11) is -3.78. The van der Waals surface area contributed by atoms with Gasteiger partial charge >= 0.3 is 5.97 Å². The highest BCUT2D eigenvalue weighted by molar-refractivity contribution is 7.89. The van der Waals surface area contributed by atoms with Gasteiger partial charge in [0.1, 0.15) is 5.82 Å². The van der Waals surface area contributed by atoms with E-state index in [1.165, 1.54) is 6.20 Å². The number of aliphatic carboxylic acids is 1. The van der Waals surface area contributed by atoms with Gasteiger partial charge in [-0.25, -0.2) is 18.1 Å². The molecular weight excluding hydrogens is 294 g/mol. The minimum Gasteiger partial charge on any atom is -0.481 e. The largest absolute Gasteiger partial charge is 0.481 e. The number of imidazole rings is 1. The van der Waals surface area contributed by atoms with E-state index in [0.717, 1.165) is 6.42 Å². The number of sulfonamides is 1. The van der Waals surface area contributed by atoms with Crippen molar-refractivity contribution in [2.45, 2.75) is 57.1 Å². The van der Waals surface area contributed by atoms with Crippen LogP contribution in [0.3, 0.4) is 0 Å². The molecule has 1 aromatic heterocycles. The van der Waals surface area contributed by atoms with Crippen molar-refractivity contribution in [3.05, 3.63) is 12.0 Å². The first-order valence-corrected chi connectivity index (χ1v) is 8.62. The van der Waals surface area contributed by atoms with Crippen molar-refractivity contribution in [3.8, 4) is 0 Å². The van der Waals surface area contributed by atoms with Crippen LogP contribution in [0.15, 0.2) is 11.2 Å².